The average Bonchev–Trinajstić information content (AvgIpc) is 2.85. The summed E-state index contributed by atoms with van der Waals surface area (Å²) < 4.78 is 7.98. The smallest absolute Gasteiger partial charge is 0.0910 e. The average molecular weight is 251 g/mol. The number of aromatic nitrogens is 2. The molecule has 0 radical (unpaired) electrons. The lowest BCUT2D eigenvalue weighted by Gasteiger charge is -2.30. The van der Waals surface area contributed by atoms with Gasteiger partial charge in [-0.3, -0.25) is 4.68 Å². The Hall–Kier alpha value is -0.870. The Bertz CT molecular complexity index is 362. The van der Waals surface area contributed by atoms with E-state index in [-0.39, 0.29) is 0 Å². The maximum atomic E-state index is 6.01. The predicted molar refractivity (Wildman–Crippen MR) is 72.2 cm³/mol. The molecule has 0 amide bonds. The minimum atomic E-state index is 0.327. The van der Waals surface area contributed by atoms with Crippen LogP contribution in [-0.4, -0.2) is 22.4 Å². The van der Waals surface area contributed by atoms with E-state index in [1.54, 1.807) is 0 Å². The van der Waals surface area contributed by atoms with E-state index < -0.39 is 0 Å². The quantitative estimate of drug-likeness (QED) is 0.874. The van der Waals surface area contributed by atoms with E-state index in [9.17, 15) is 0 Å². The lowest BCUT2D eigenvalue weighted by atomic mass is 9.86. The summed E-state index contributed by atoms with van der Waals surface area (Å²) in [7, 11) is 0. The van der Waals surface area contributed by atoms with Gasteiger partial charge < -0.3 is 10.5 Å². The molecule has 1 heterocycles. The summed E-state index contributed by atoms with van der Waals surface area (Å²) in [5.74, 6) is 0.533. The van der Waals surface area contributed by atoms with Gasteiger partial charge in [0.1, 0.15) is 0 Å². The Morgan fingerprint density at radius 2 is 2.22 bits per heavy atom. The van der Waals surface area contributed by atoms with Crippen molar-refractivity contribution in [1.82, 2.24) is 9.78 Å². The Morgan fingerprint density at radius 1 is 1.44 bits per heavy atom. The van der Waals surface area contributed by atoms with E-state index in [4.69, 9.17) is 10.5 Å². The monoisotopic (exact) mass is 251 g/mol. The van der Waals surface area contributed by atoms with Crippen LogP contribution in [-0.2, 0) is 11.3 Å². The van der Waals surface area contributed by atoms with Gasteiger partial charge in [-0.25, -0.2) is 0 Å². The Labute approximate surface area is 110 Å². The molecule has 4 heteroatoms. The summed E-state index contributed by atoms with van der Waals surface area (Å²) in [6, 6.07) is 2.45. The maximum Gasteiger partial charge on any atom is 0.0910 e. The molecule has 0 saturated heterocycles. The highest BCUT2D eigenvalue weighted by molar-refractivity contribution is 4.98. The lowest BCUT2D eigenvalue weighted by molar-refractivity contribution is -0.0197. The summed E-state index contributed by atoms with van der Waals surface area (Å²) in [5.41, 5.74) is 6.83. The number of hydrogen-bond acceptors (Lipinski definition) is 3. The van der Waals surface area contributed by atoms with Crippen LogP contribution in [0, 0.1) is 5.92 Å². The van der Waals surface area contributed by atoms with Crippen LogP contribution in [0.5, 0.6) is 0 Å². The van der Waals surface area contributed by atoms with Gasteiger partial charge in [-0.2, -0.15) is 5.10 Å². The molecule has 1 aromatic rings. The van der Waals surface area contributed by atoms with Gasteiger partial charge in [-0.1, -0.05) is 12.8 Å². The number of hydrogen-bond donors (Lipinski definition) is 1. The van der Waals surface area contributed by atoms with Crippen LogP contribution in [0.25, 0.3) is 0 Å². The van der Waals surface area contributed by atoms with Gasteiger partial charge in [0.25, 0.3) is 0 Å². The Kier molecular flexibility index (Phi) is 4.78. The molecule has 2 atom stereocenters. The fourth-order valence-corrected chi connectivity index (χ4v) is 2.60. The normalized spacial score (nSPS) is 24.7. The first kappa shape index (κ1) is 13.6. The minimum absolute atomic E-state index is 0.327. The van der Waals surface area contributed by atoms with Crippen molar-refractivity contribution in [1.29, 1.82) is 0 Å². The molecule has 1 fully saturated rings. The van der Waals surface area contributed by atoms with E-state index in [2.05, 4.69) is 18.9 Å². The van der Waals surface area contributed by atoms with Crippen molar-refractivity contribution in [3.05, 3.63) is 18.0 Å². The number of nitrogens with zero attached hydrogens (tertiary/aromatic N) is 2. The van der Waals surface area contributed by atoms with Crippen molar-refractivity contribution >= 4 is 0 Å². The third-order valence-electron chi connectivity index (χ3n) is 3.78. The minimum Gasteiger partial charge on any atom is -0.372 e. The van der Waals surface area contributed by atoms with Crippen molar-refractivity contribution in [2.45, 2.75) is 58.3 Å². The van der Waals surface area contributed by atoms with Crippen molar-refractivity contribution in [3.8, 4) is 0 Å². The molecule has 1 aliphatic carbocycles. The molecule has 1 aliphatic rings. The molecule has 4 nitrogen and oxygen atoms in total. The van der Waals surface area contributed by atoms with Crippen LogP contribution in [0.3, 0.4) is 0 Å². The summed E-state index contributed by atoms with van der Waals surface area (Å²) in [6.07, 6.45) is 7.26. The molecule has 1 saturated carbocycles. The predicted octanol–water partition coefficient (Wildman–Crippen LogP) is 2.50. The van der Waals surface area contributed by atoms with Gasteiger partial charge in [-0.05, 0) is 45.2 Å². The van der Waals surface area contributed by atoms with Crippen molar-refractivity contribution in [2.24, 2.45) is 11.7 Å². The van der Waals surface area contributed by atoms with Crippen LogP contribution in [0.2, 0.25) is 0 Å². The Morgan fingerprint density at radius 3 is 2.89 bits per heavy atom. The lowest BCUT2D eigenvalue weighted by Crippen LogP contribution is -2.33. The molecule has 2 N–H and O–H groups in total. The fourth-order valence-electron chi connectivity index (χ4n) is 2.60. The zero-order valence-corrected chi connectivity index (χ0v) is 11.5. The van der Waals surface area contributed by atoms with Gasteiger partial charge >= 0.3 is 0 Å². The van der Waals surface area contributed by atoms with Gasteiger partial charge in [0.15, 0.2) is 0 Å². The van der Waals surface area contributed by atoms with Crippen molar-refractivity contribution in [3.63, 3.8) is 0 Å². The number of rotatable bonds is 5. The summed E-state index contributed by atoms with van der Waals surface area (Å²) in [5, 5.41) is 4.51. The molecular formula is C14H25N3O. The molecule has 0 spiro atoms. The Balaban J connectivity index is 1.85. The van der Waals surface area contributed by atoms with E-state index in [1.807, 2.05) is 16.9 Å². The van der Waals surface area contributed by atoms with E-state index in [0.29, 0.717) is 24.7 Å². The van der Waals surface area contributed by atoms with Crippen LogP contribution >= 0.6 is 0 Å². The van der Waals surface area contributed by atoms with E-state index >= 15 is 0 Å². The highest BCUT2D eigenvalue weighted by Crippen LogP contribution is 2.26. The highest BCUT2D eigenvalue weighted by Gasteiger charge is 2.24. The largest absolute Gasteiger partial charge is 0.372 e. The zero-order valence-electron chi connectivity index (χ0n) is 11.5. The molecule has 2 rings (SSSR count). The summed E-state index contributed by atoms with van der Waals surface area (Å²) in [4.78, 5) is 0. The molecule has 102 valence electrons. The first-order valence-corrected chi connectivity index (χ1v) is 7.06. The molecule has 18 heavy (non-hydrogen) atoms. The number of ether oxygens (including phenoxy) is 1. The first-order chi connectivity index (χ1) is 8.70. The second kappa shape index (κ2) is 6.34. The molecule has 0 aromatic carbocycles. The van der Waals surface area contributed by atoms with Gasteiger partial charge in [0.05, 0.1) is 18.4 Å². The SMILES string of the molecule is CC(C)n1ccc(COC2CCCCC2CN)n1. The third-order valence-corrected chi connectivity index (χ3v) is 3.78. The molecule has 2 unspecified atom stereocenters. The van der Waals surface area contributed by atoms with Crippen molar-refractivity contribution in [2.75, 3.05) is 6.54 Å². The second-order valence-electron chi connectivity index (χ2n) is 5.51. The third kappa shape index (κ3) is 3.33. The topological polar surface area (TPSA) is 53.1 Å². The van der Waals surface area contributed by atoms with Crippen LogP contribution in [0.1, 0.15) is 51.3 Å². The zero-order chi connectivity index (χ0) is 13.0. The van der Waals surface area contributed by atoms with Gasteiger partial charge in [0, 0.05) is 12.2 Å². The molecule has 0 bridgehead atoms. The molecular weight excluding hydrogens is 226 g/mol. The van der Waals surface area contributed by atoms with E-state index in [0.717, 1.165) is 18.7 Å². The fraction of sp³-hybridized carbons (Fsp3) is 0.786. The van der Waals surface area contributed by atoms with Crippen LogP contribution in [0.4, 0.5) is 0 Å². The standard InChI is InChI=1S/C14H25N3O/c1-11(2)17-8-7-13(16-17)10-18-14-6-4-3-5-12(14)9-15/h7-8,11-12,14H,3-6,9-10,15H2,1-2H3. The van der Waals surface area contributed by atoms with E-state index in [1.165, 1.54) is 19.3 Å². The number of nitrogens with two attached hydrogens (primary N) is 1. The van der Waals surface area contributed by atoms with Gasteiger partial charge in [0.2, 0.25) is 0 Å². The van der Waals surface area contributed by atoms with Crippen LogP contribution < -0.4 is 5.73 Å². The maximum absolute atomic E-state index is 6.01. The van der Waals surface area contributed by atoms with Gasteiger partial charge in [-0.15, -0.1) is 0 Å². The summed E-state index contributed by atoms with van der Waals surface area (Å²) in [6.45, 7) is 5.61. The second-order valence-corrected chi connectivity index (χ2v) is 5.51. The molecule has 1 aromatic heterocycles. The molecule has 0 aliphatic heterocycles. The highest BCUT2D eigenvalue weighted by atomic mass is 16.5. The first-order valence-electron chi connectivity index (χ1n) is 7.06. The van der Waals surface area contributed by atoms with Crippen molar-refractivity contribution < 1.29 is 4.74 Å². The van der Waals surface area contributed by atoms with Crippen LogP contribution in [0.15, 0.2) is 12.3 Å². The summed E-state index contributed by atoms with van der Waals surface area (Å²) >= 11 is 0.